The maximum Gasteiger partial charge on any atom is 0.224 e. The fourth-order valence-corrected chi connectivity index (χ4v) is 1.90. The summed E-state index contributed by atoms with van der Waals surface area (Å²) in [5.74, 6) is 1.83. The molecule has 0 aromatic carbocycles. The first-order valence-corrected chi connectivity index (χ1v) is 7.33. The monoisotopic (exact) mass is 297 g/mol. The molecule has 0 fully saturated rings. The van der Waals surface area contributed by atoms with Crippen LogP contribution in [0, 0.1) is 0 Å². The fourth-order valence-electron chi connectivity index (χ4n) is 1.81. The van der Waals surface area contributed by atoms with E-state index in [1.54, 1.807) is 11.9 Å². The molecule has 0 aliphatic rings. The van der Waals surface area contributed by atoms with Gasteiger partial charge in [-0.25, -0.2) is 9.67 Å². The number of amides is 1. The summed E-state index contributed by atoms with van der Waals surface area (Å²) in [5, 5.41) is 4.40. The first kappa shape index (κ1) is 16.6. The molecule has 0 saturated carbocycles. The molecule has 1 aromatic rings. The standard InChI is InChI=1S/C13H23N5OS/c1-4-11-15-12(5-2)18(16-11)9-7-13(19)17(3)8-6-10(14)20/h4-9H2,1-3H3,(H2,14,20). The molecule has 1 aromatic heterocycles. The van der Waals surface area contributed by atoms with Crippen LogP contribution in [0.5, 0.6) is 0 Å². The predicted octanol–water partition coefficient (Wildman–Crippen LogP) is 0.928. The van der Waals surface area contributed by atoms with Gasteiger partial charge in [-0.1, -0.05) is 26.1 Å². The summed E-state index contributed by atoms with van der Waals surface area (Å²) in [7, 11) is 1.76. The van der Waals surface area contributed by atoms with Crippen LogP contribution in [0.15, 0.2) is 0 Å². The number of nitrogens with two attached hydrogens (primary N) is 1. The van der Waals surface area contributed by atoms with Gasteiger partial charge in [-0.15, -0.1) is 0 Å². The van der Waals surface area contributed by atoms with Gasteiger partial charge in [0, 0.05) is 39.3 Å². The fraction of sp³-hybridized carbons (Fsp3) is 0.692. The van der Waals surface area contributed by atoms with E-state index in [9.17, 15) is 4.79 Å². The zero-order chi connectivity index (χ0) is 15.1. The number of nitrogens with zero attached hydrogens (tertiary/aromatic N) is 4. The molecular formula is C13H23N5OS. The van der Waals surface area contributed by atoms with Crippen molar-refractivity contribution in [2.24, 2.45) is 5.73 Å². The molecule has 0 unspecified atom stereocenters. The average Bonchev–Trinajstić information content (AvgIpc) is 2.84. The Morgan fingerprint density at radius 2 is 2.05 bits per heavy atom. The Morgan fingerprint density at radius 1 is 1.35 bits per heavy atom. The minimum Gasteiger partial charge on any atom is -0.393 e. The molecule has 1 heterocycles. The van der Waals surface area contributed by atoms with Crippen LogP contribution in [0.2, 0.25) is 0 Å². The SMILES string of the molecule is CCc1nc(CC)n(CCC(=O)N(C)CCC(N)=S)n1. The smallest absolute Gasteiger partial charge is 0.224 e. The molecule has 20 heavy (non-hydrogen) atoms. The molecule has 7 heteroatoms. The van der Waals surface area contributed by atoms with Crippen LogP contribution in [0.25, 0.3) is 0 Å². The van der Waals surface area contributed by atoms with Crippen molar-refractivity contribution in [3.8, 4) is 0 Å². The molecule has 6 nitrogen and oxygen atoms in total. The van der Waals surface area contributed by atoms with E-state index < -0.39 is 0 Å². The van der Waals surface area contributed by atoms with Crippen molar-refractivity contribution < 1.29 is 4.79 Å². The Morgan fingerprint density at radius 3 is 2.60 bits per heavy atom. The maximum atomic E-state index is 12.0. The Bertz CT molecular complexity index is 471. The molecule has 0 aliphatic carbocycles. The summed E-state index contributed by atoms with van der Waals surface area (Å²) in [6.07, 6.45) is 2.59. The normalized spacial score (nSPS) is 10.6. The third-order valence-electron chi connectivity index (χ3n) is 3.08. The van der Waals surface area contributed by atoms with Gasteiger partial charge in [0.1, 0.15) is 5.82 Å². The zero-order valence-corrected chi connectivity index (χ0v) is 13.2. The van der Waals surface area contributed by atoms with Crippen LogP contribution < -0.4 is 5.73 Å². The molecule has 0 atom stereocenters. The van der Waals surface area contributed by atoms with Crippen molar-refractivity contribution in [2.75, 3.05) is 13.6 Å². The van der Waals surface area contributed by atoms with Gasteiger partial charge in [0.2, 0.25) is 5.91 Å². The molecule has 1 amide bonds. The second kappa shape index (κ2) is 7.94. The van der Waals surface area contributed by atoms with E-state index in [0.29, 0.717) is 30.9 Å². The average molecular weight is 297 g/mol. The van der Waals surface area contributed by atoms with E-state index in [-0.39, 0.29) is 5.91 Å². The molecule has 0 aliphatic heterocycles. The van der Waals surface area contributed by atoms with E-state index in [4.69, 9.17) is 18.0 Å². The number of carbonyl (C=O) groups excluding carboxylic acids is 1. The van der Waals surface area contributed by atoms with Gasteiger partial charge >= 0.3 is 0 Å². The largest absolute Gasteiger partial charge is 0.393 e. The topological polar surface area (TPSA) is 77.0 Å². The minimum absolute atomic E-state index is 0.0665. The number of aromatic nitrogens is 3. The van der Waals surface area contributed by atoms with Crippen LogP contribution >= 0.6 is 12.2 Å². The van der Waals surface area contributed by atoms with Crippen molar-refractivity contribution in [1.29, 1.82) is 0 Å². The highest BCUT2D eigenvalue weighted by molar-refractivity contribution is 7.80. The summed E-state index contributed by atoms with van der Waals surface area (Å²) in [6, 6.07) is 0. The molecule has 2 N–H and O–H groups in total. The second-order valence-electron chi connectivity index (χ2n) is 4.66. The van der Waals surface area contributed by atoms with E-state index in [0.717, 1.165) is 24.5 Å². The van der Waals surface area contributed by atoms with Crippen molar-refractivity contribution >= 4 is 23.1 Å². The Balaban J connectivity index is 2.51. The van der Waals surface area contributed by atoms with E-state index in [2.05, 4.69) is 10.1 Å². The minimum atomic E-state index is 0.0665. The Hall–Kier alpha value is -1.50. The van der Waals surface area contributed by atoms with Crippen molar-refractivity contribution in [3.63, 3.8) is 0 Å². The summed E-state index contributed by atoms with van der Waals surface area (Å²) in [5.41, 5.74) is 5.43. The van der Waals surface area contributed by atoms with Crippen LogP contribution in [0.3, 0.4) is 0 Å². The van der Waals surface area contributed by atoms with Gasteiger partial charge < -0.3 is 10.6 Å². The summed E-state index contributed by atoms with van der Waals surface area (Å²) in [6.45, 7) is 5.18. The number of carbonyl (C=O) groups is 1. The van der Waals surface area contributed by atoms with Gasteiger partial charge in [0.15, 0.2) is 5.82 Å². The third-order valence-corrected chi connectivity index (χ3v) is 3.29. The van der Waals surface area contributed by atoms with Crippen LogP contribution in [0.1, 0.15) is 38.3 Å². The number of hydrogen-bond donors (Lipinski definition) is 1. The predicted molar refractivity (Wildman–Crippen MR) is 82.4 cm³/mol. The van der Waals surface area contributed by atoms with Crippen LogP contribution in [0.4, 0.5) is 0 Å². The van der Waals surface area contributed by atoms with Crippen molar-refractivity contribution in [1.82, 2.24) is 19.7 Å². The number of thiocarbonyl (C=S) groups is 1. The second-order valence-corrected chi connectivity index (χ2v) is 5.18. The van der Waals surface area contributed by atoms with Gasteiger partial charge in [0.05, 0.1) is 11.5 Å². The highest BCUT2D eigenvalue weighted by Crippen LogP contribution is 2.03. The maximum absolute atomic E-state index is 12.0. The number of aryl methyl sites for hydroxylation is 3. The van der Waals surface area contributed by atoms with Crippen molar-refractivity contribution in [3.05, 3.63) is 11.6 Å². The number of rotatable bonds is 8. The lowest BCUT2D eigenvalue weighted by atomic mass is 10.3. The molecule has 0 spiro atoms. The highest BCUT2D eigenvalue weighted by atomic mass is 32.1. The van der Waals surface area contributed by atoms with Gasteiger partial charge in [-0.2, -0.15) is 5.10 Å². The van der Waals surface area contributed by atoms with E-state index in [1.165, 1.54) is 0 Å². The molecule has 0 bridgehead atoms. The number of hydrogen-bond acceptors (Lipinski definition) is 4. The van der Waals surface area contributed by atoms with Crippen molar-refractivity contribution in [2.45, 2.75) is 46.1 Å². The molecular weight excluding hydrogens is 274 g/mol. The summed E-state index contributed by atoms with van der Waals surface area (Å²) >= 11 is 4.81. The molecule has 112 valence electrons. The first-order chi connectivity index (χ1) is 9.47. The van der Waals surface area contributed by atoms with Crippen LogP contribution in [-0.4, -0.2) is 44.2 Å². The quantitative estimate of drug-likeness (QED) is 0.722. The lowest BCUT2D eigenvalue weighted by Crippen LogP contribution is -2.30. The lowest BCUT2D eigenvalue weighted by Gasteiger charge is -2.16. The summed E-state index contributed by atoms with van der Waals surface area (Å²) in [4.78, 5) is 18.5. The van der Waals surface area contributed by atoms with Gasteiger partial charge in [0.25, 0.3) is 0 Å². The van der Waals surface area contributed by atoms with E-state index in [1.807, 2.05) is 18.5 Å². The Labute approximate surface area is 125 Å². The third kappa shape index (κ3) is 4.88. The van der Waals surface area contributed by atoms with E-state index >= 15 is 0 Å². The first-order valence-electron chi connectivity index (χ1n) is 6.92. The van der Waals surface area contributed by atoms with Crippen LogP contribution in [-0.2, 0) is 24.2 Å². The zero-order valence-electron chi connectivity index (χ0n) is 12.4. The van der Waals surface area contributed by atoms with Gasteiger partial charge in [-0.3, -0.25) is 4.79 Å². The summed E-state index contributed by atoms with van der Waals surface area (Å²) < 4.78 is 1.83. The molecule has 0 saturated heterocycles. The Kier molecular flexibility index (Phi) is 6.57. The van der Waals surface area contributed by atoms with Gasteiger partial charge in [-0.05, 0) is 0 Å². The molecule has 0 radical (unpaired) electrons. The highest BCUT2D eigenvalue weighted by Gasteiger charge is 2.12. The molecule has 1 rings (SSSR count). The lowest BCUT2D eigenvalue weighted by molar-refractivity contribution is -0.130.